The molecule has 4 heteroatoms. The minimum absolute atomic E-state index is 0.104. The highest BCUT2D eigenvalue weighted by molar-refractivity contribution is 5.75. The van der Waals surface area contributed by atoms with Gasteiger partial charge in [-0.25, -0.2) is 0 Å². The van der Waals surface area contributed by atoms with Crippen molar-refractivity contribution >= 4 is 5.97 Å². The van der Waals surface area contributed by atoms with Gasteiger partial charge in [0, 0.05) is 6.04 Å². The van der Waals surface area contributed by atoms with Crippen LogP contribution in [0.1, 0.15) is 33.6 Å². The molecule has 0 aliphatic carbocycles. The highest BCUT2D eigenvalue weighted by atomic mass is 16.5. The fourth-order valence-electron chi connectivity index (χ4n) is 2.39. The molecule has 1 aliphatic heterocycles. The van der Waals surface area contributed by atoms with E-state index in [1.54, 1.807) is 0 Å². The summed E-state index contributed by atoms with van der Waals surface area (Å²) in [6.45, 7) is 9.86. The normalized spacial score (nSPS) is 20.5. The molecule has 0 amide bonds. The first kappa shape index (κ1) is 14.5. The van der Waals surface area contributed by atoms with Crippen LogP contribution in [0.5, 0.6) is 0 Å². The lowest BCUT2D eigenvalue weighted by Crippen LogP contribution is -2.49. The van der Waals surface area contributed by atoms with Gasteiger partial charge in [-0.1, -0.05) is 6.92 Å². The Labute approximate surface area is 105 Å². The molecule has 17 heavy (non-hydrogen) atoms. The van der Waals surface area contributed by atoms with Gasteiger partial charge in [-0.2, -0.15) is 0 Å². The molecule has 1 fully saturated rings. The minimum atomic E-state index is -0.131. The van der Waals surface area contributed by atoms with Crippen LogP contribution in [0.4, 0.5) is 0 Å². The summed E-state index contributed by atoms with van der Waals surface area (Å²) in [5.41, 5.74) is 0. The lowest BCUT2D eigenvalue weighted by molar-refractivity contribution is -0.149. The highest BCUT2D eigenvalue weighted by Crippen LogP contribution is 2.17. The van der Waals surface area contributed by atoms with E-state index in [2.05, 4.69) is 16.7 Å². The summed E-state index contributed by atoms with van der Waals surface area (Å²) in [7, 11) is 2.04. The topological polar surface area (TPSA) is 32.8 Å². The van der Waals surface area contributed by atoms with Crippen molar-refractivity contribution in [3.63, 3.8) is 0 Å². The molecule has 1 heterocycles. The molecular formula is C13H26N2O2. The number of rotatable bonds is 5. The number of hydrogen-bond donors (Lipinski definition) is 0. The quantitative estimate of drug-likeness (QED) is 0.681. The summed E-state index contributed by atoms with van der Waals surface area (Å²) in [6, 6.07) is 0.380. The van der Waals surface area contributed by atoms with Crippen LogP contribution >= 0.6 is 0 Å². The van der Waals surface area contributed by atoms with Crippen molar-refractivity contribution in [2.45, 2.75) is 45.7 Å². The molecule has 1 unspecified atom stereocenters. The summed E-state index contributed by atoms with van der Waals surface area (Å²) in [5, 5.41) is 0. The number of hydrogen-bond acceptors (Lipinski definition) is 4. The van der Waals surface area contributed by atoms with Crippen molar-refractivity contribution in [1.82, 2.24) is 9.80 Å². The van der Waals surface area contributed by atoms with E-state index in [0.29, 0.717) is 12.6 Å². The predicted molar refractivity (Wildman–Crippen MR) is 69.0 cm³/mol. The number of likely N-dealkylation sites (tertiary alicyclic amines) is 1. The first-order chi connectivity index (χ1) is 8.10. The van der Waals surface area contributed by atoms with Gasteiger partial charge in [0.1, 0.15) is 6.04 Å². The maximum Gasteiger partial charge on any atom is 0.323 e. The molecule has 0 spiro atoms. The van der Waals surface area contributed by atoms with Crippen molar-refractivity contribution in [2.24, 2.45) is 0 Å². The van der Waals surface area contributed by atoms with E-state index in [9.17, 15) is 4.79 Å². The van der Waals surface area contributed by atoms with E-state index in [1.165, 1.54) is 0 Å². The average molecular weight is 242 g/mol. The Hall–Kier alpha value is -0.610. The third-order valence-corrected chi connectivity index (χ3v) is 3.82. The maximum absolute atomic E-state index is 11.7. The first-order valence-electron chi connectivity index (χ1n) is 6.71. The first-order valence-corrected chi connectivity index (χ1v) is 6.71. The SMILES string of the molecule is CCOC(=O)C(C)N(C)C1CCN(CC)CC1. The van der Waals surface area contributed by atoms with Gasteiger partial charge in [-0.3, -0.25) is 9.69 Å². The van der Waals surface area contributed by atoms with Gasteiger partial charge in [0.15, 0.2) is 0 Å². The molecule has 0 bridgehead atoms. The molecule has 0 aromatic rings. The van der Waals surface area contributed by atoms with Crippen molar-refractivity contribution in [3.05, 3.63) is 0 Å². The number of ether oxygens (including phenoxy) is 1. The van der Waals surface area contributed by atoms with Gasteiger partial charge in [-0.15, -0.1) is 0 Å². The molecule has 100 valence electrons. The van der Waals surface area contributed by atoms with Crippen LogP contribution in [0.25, 0.3) is 0 Å². The lowest BCUT2D eigenvalue weighted by Gasteiger charge is -2.38. The van der Waals surface area contributed by atoms with E-state index in [1.807, 2.05) is 20.9 Å². The van der Waals surface area contributed by atoms with E-state index < -0.39 is 0 Å². The number of carbonyl (C=O) groups excluding carboxylic acids is 1. The van der Waals surface area contributed by atoms with Crippen LogP contribution in [0.2, 0.25) is 0 Å². The number of piperidine rings is 1. The monoisotopic (exact) mass is 242 g/mol. The minimum Gasteiger partial charge on any atom is -0.465 e. The fourth-order valence-corrected chi connectivity index (χ4v) is 2.39. The van der Waals surface area contributed by atoms with E-state index in [0.717, 1.165) is 32.5 Å². The Kier molecular flexibility index (Phi) is 5.92. The molecule has 1 saturated heterocycles. The van der Waals surface area contributed by atoms with Crippen LogP contribution in [0.3, 0.4) is 0 Å². The fraction of sp³-hybridized carbons (Fsp3) is 0.923. The molecular weight excluding hydrogens is 216 g/mol. The Morgan fingerprint density at radius 2 is 2.00 bits per heavy atom. The molecule has 1 aliphatic rings. The van der Waals surface area contributed by atoms with E-state index >= 15 is 0 Å². The third-order valence-electron chi connectivity index (χ3n) is 3.82. The third kappa shape index (κ3) is 3.96. The zero-order chi connectivity index (χ0) is 12.8. The van der Waals surface area contributed by atoms with E-state index in [-0.39, 0.29) is 12.0 Å². The van der Waals surface area contributed by atoms with Gasteiger partial charge in [-0.05, 0) is 53.4 Å². The Morgan fingerprint density at radius 3 is 2.47 bits per heavy atom. The van der Waals surface area contributed by atoms with Crippen molar-refractivity contribution in [2.75, 3.05) is 33.3 Å². The summed E-state index contributed by atoms with van der Waals surface area (Å²) < 4.78 is 5.07. The summed E-state index contributed by atoms with van der Waals surface area (Å²) in [4.78, 5) is 16.3. The smallest absolute Gasteiger partial charge is 0.323 e. The molecule has 0 radical (unpaired) electrons. The van der Waals surface area contributed by atoms with E-state index in [4.69, 9.17) is 4.74 Å². The number of esters is 1. The summed E-state index contributed by atoms with van der Waals surface area (Å²) in [6.07, 6.45) is 2.29. The van der Waals surface area contributed by atoms with Crippen molar-refractivity contribution in [3.8, 4) is 0 Å². The summed E-state index contributed by atoms with van der Waals surface area (Å²) >= 11 is 0. The zero-order valence-corrected chi connectivity index (χ0v) is 11.6. The molecule has 0 saturated carbocycles. The van der Waals surface area contributed by atoms with Gasteiger partial charge in [0.25, 0.3) is 0 Å². The predicted octanol–water partition coefficient (Wildman–Crippen LogP) is 1.35. The molecule has 1 rings (SSSR count). The second-order valence-corrected chi connectivity index (χ2v) is 4.76. The molecule has 4 nitrogen and oxygen atoms in total. The van der Waals surface area contributed by atoms with Crippen molar-refractivity contribution in [1.29, 1.82) is 0 Å². The van der Waals surface area contributed by atoms with Crippen LogP contribution < -0.4 is 0 Å². The lowest BCUT2D eigenvalue weighted by atomic mass is 10.0. The number of carbonyl (C=O) groups is 1. The molecule has 0 N–H and O–H groups in total. The average Bonchev–Trinajstić information content (AvgIpc) is 2.37. The zero-order valence-electron chi connectivity index (χ0n) is 11.6. The van der Waals surface area contributed by atoms with Gasteiger partial charge in [0.2, 0.25) is 0 Å². The maximum atomic E-state index is 11.7. The van der Waals surface area contributed by atoms with Crippen LogP contribution in [-0.2, 0) is 9.53 Å². The summed E-state index contributed by atoms with van der Waals surface area (Å²) in [5.74, 6) is -0.104. The molecule has 0 aromatic carbocycles. The Balaban J connectivity index is 2.42. The largest absolute Gasteiger partial charge is 0.465 e. The van der Waals surface area contributed by atoms with Gasteiger partial charge < -0.3 is 9.64 Å². The van der Waals surface area contributed by atoms with Crippen LogP contribution in [-0.4, -0.2) is 61.1 Å². The molecule has 0 aromatic heterocycles. The second kappa shape index (κ2) is 6.97. The second-order valence-electron chi connectivity index (χ2n) is 4.76. The molecule has 1 atom stereocenters. The Morgan fingerprint density at radius 1 is 1.41 bits per heavy atom. The van der Waals surface area contributed by atoms with Crippen LogP contribution in [0.15, 0.2) is 0 Å². The highest BCUT2D eigenvalue weighted by Gasteiger charge is 2.28. The van der Waals surface area contributed by atoms with Gasteiger partial charge in [0.05, 0.1) is 6.61 Å². The Bertz CT molecular complexity index is 238. The van der Waals surface area contributed by atoms with Gasteiger partial charge >= 0.3 is 5.97 Å². The van der Waals surface area contributed by atoms with Crippen molar-refractivity contribution < 1.29 is 9.53 Å². The number of nitrogens with zero attached hydrogens (tertiary/aromatic N) is 2. The van der Waals surface area contributed by atoms with Crippen LogP contribution in [0, 0.1) is 0 Å². The number of likely N-dealkylation sites (N-methyl/N-ethyl adjacent to an activating group) is 1. The standard InChI is InChI=1S/C13H26N2O2/c1-5-15-9-7-12(8-10-15)14(4)11(3)13(16)17-6-2/h11-12H,5-10H2,1-4H3.